The minimum Gasteiger partial charge on any atom is -0.493 e. The van der Waals surface area contributed by atoms with Crippen LogP contribution >= 0.6 is 12.2 Å². The molecule has 0 spiro atoms. The van der Waals surface area contributed by atoms with Crippen LogP contribution in [0, 0.1) is 10.7 Å². The number of aromatic nitrogens is 2. The van der Waals surface area contributed by atoms with Gasteiger partial charge in [-0.1, -0.05) is 32.1 Å². The Balaban J connectivity index is 1.80. The number of amides is 1. The van der Waals surface area contributed by atoms with E-state index < -0.39 is 0 Å². The van der Waals surface area contributed by atoms with Gasteiger partial charge in [-0.2, -0.15) is 0 Å². The molecule has 1 atom stereocenters. The van der Waals surface area contributed by atoms with Crippen molar-refractivity contribution in [2.45, 2.75) is 44.6 Å². The Morgan fingerprint density at radius 1 is 1.19 bits per heavy atom. The quantitative estimate of drug-likeness (QED) is 0.812. The molecule has 0 saturated heterocycles. The molecule has 1 amide bonds. The van der Waals surface area contributed by atoms with E-state index in [-0.39, 0.29) is 11.9 Å². The smallest absolute Gasteiger partial charge is 0.248 e. The van der Waals surface area contributed by atoms with Gasteiger partial charge in [-0.05, 0) is 30.6 Å². The lowest BCUT2D eigenvalue weighted by molar-refractivity contribution is -0.118. The lowest BCUT2D eigenvalue weighted by Gasteiger charge is -2.24. The highest BCUT2D eigenvalue weighted by molar-refractivity contribution is 7.71. The maximum Gasteiger partial charge on any atom is 0.248 e. The van der Waals surface area contributed by atoms with Gasteiger partial charge in [0.05, 0.1) is 19.7 Å². The Bertz CT molecular complexity index is 918. The van der Waals surface area contributed by atoms with Crippen molar-refractivity contribution in [3.05, 3.63) is 16.9 Å². The Hall–Kier alpha value is -2.15. The number of benzene rings is 1. The van der Waals surface area contributed by atoms with Gasteiger partial charge in [-0.3, -0.25) is 9.36 Å². The van der Waals surface area contributed by atoms with Gasteiger partial charge >= 0.3 is 0 Å². The van der Waals surface area contributed by atoms with Crippen molar-refractivity contribution in [3.63, 3.8) is 0 Å². The van der Waals surface area contributed by atoms with Crippen molar-refractivity contribution in [2.24, 2.45) is 5.92 Å². The van der Waals surface area contributed by atoms with E-state index in [2.05, 4.69) is 10.3 Å². The number of nitrogens with zero attached hydrogens (tertiary/aromatic N) is 2. The number of fused-ring (bicyclic) bond motifs is 3. The second-order valence-electron chi connectivity index (χ2n) is 7.08. The van der Waals surface area contributed by atoms with Crippen LogP contribution in [0.25, 0.3) is 10.9 Å². The highest BCUT2D eigenvalue weighted by Gasteiger charge is 2.34. The van der Waals surface area contributed by atoms with Crippen molar-refractivity contribution in [2.75, 3.05) is 19.5 Å². The normalized spacial score (nSPS) is 20.1. The molecule has 2 aromatic rings. The number of anilines is 1. The molecule has 1 aromatic carbocycles. The molecule has 1 aliphatic carbocycles. The van der Waals surface area contributed by atoms with Crippen molar-refractivity contribution in [1.82, 2.24) is 9.55 Å². The zero-order chi connectivity index (χ0) is 18.3. The van der Waals surface area contributed by atoms with Crippen LogP contribution in [0.15, 0.2) is 12.1 Å². The summed E-state index contributed by atoms with van der Waals surface area (Å²) in [6.07, 6.45) is 7.02. The maximum atomic E-state index is 12.7. The molecule has 6 nitrogen and oxygen atoms in total. The third-order valence-corrected chi connectivity index (χ3v) is 5.85. The first-order valence-electron chi connectivity index (χ1n) is 9.11. The summed E-state index contributed by atoms with van der Waals surface area (Å²) >= 11 is 5.53. The highest BCUT2D eigenvalue weighted by Crippen LogP contribution is 2.40. The monoisotopic (exact) mass is 373 g/mol. The Labute approximate surface area is 157 Å². The molecule has 1 N–H and O–H groups in total. The van der Waals surface area contributed by atoms with Gasteiger partial charge in [0.15, 0.2) is 11.5 Å². The number of hydrogen-bond donors (Lipinski definition) is 1. The summed E-state index contributed by atoms with van der Waals surface area (Å²) in [7, 11) is 3.18. The molecular formula is C19H23N3O3S. The zero-order valence-electron chi connectivity index (χ0n) is 15.1. The zero-order valence-corrected chi connectivity index (χ0v) is 15.9. The van der Waals surface area contributed by atoms with E-state index in [9.17, 15) is 4.79 Å². The summed E-state index contributed by atoms with van der Waals surface area (Å²) in [5.41, 5.74) is 0.692. The van der Waals surface area contributed by atoms with Crippen LogP contribution in [0.2, 0.25) is 0 Å². The molecule has 26 heavy (non-hydrogen) atoms. The van der Waals surface area contributed by atoms with E-state index in [1.165, 1.54) is 32.1 Å². The number of methoxy groups -OCH3 is 2. The van der Waals surface area contributed by atoms with Crippen LogP contribution < -0.4 is 14.8 Å². The lowest BCUT2D eigenvalue weighted by atomic mass is 9.85. The highest BCUT2D eigenvalue weighted by atomic mass is 32.1. The van der Waals surface area contributed by atoms with Gasteiger partial charge in [0.25, 0.3) is 0 Å². The topological polar surface area (TPSA) is 65.4 Å². The largest absolute Gasteiger partial charge is 0.493 e. The van der Waals surface area contributed by atoms with Crippen LogP contribution in [0.3, 0.4) is 0 Å². The van der Waals surface area contributed by atoms with Crippen LogP contribution in [0.1, 0.15) is 44.6 Å². The molecule has 0 unspecified atom stereocenters. The van der Waals surface area contributed by atoms with E-state index in [1.54, 1.807) is 20.3 Å². The molecule has 1 aromatic heterocycles. The average Bonchev–Trinajstić information content (AvgIpc) is 2.98. The number of hydrogen-bond acceptors (Lipinski definition) is 5. The molecular weight excluding hydrogens is 350 g/mol. The van der Waals surface area contributed by atoms with Crippen molar-refractivity contribution in [3.8, 4) is 11.5 Å². The predicted molar refractivity (Wildman–Crippen MR) is 103 cm³/mol. The molecule has 2 aliphatic rings. The third-order valence-electron chi connectivity index (χ3n) is 5.56. The Morgan fingerprint density at radius 2 is 1.88 bits per heavy atom. The number of nitrogens with one attached hydrogen (secondary N) is 1. The van der Waals surface area contributed by atoms with Crippen LogP contribution in [0.4, 0.5) is 5.82 Å². The molecule has 2 heterocycles. The Kier molecular flexibility index (Phi) is 4.56. The number of ether oxygens (including phenoxy) is 2. The van der Waals surface area contributed by atoms with Crippen molar-refractivity contribution in [1.29, 1.82) is 0 Å². The van der Waals surface area contributed by atoms with E-state index in [0.717, 1.165) is 11.8 Å². The second-order valence-corrected chi connectivity index (χ2v) is 7.45. The first kappa shape index (κ1) is 17.3. The summed E-state index contributed by atoms with van der Waals surface area (Å²) in [5, 5.41) is 3.85. The number of rotatable bonds is 4. The Morgan fingerprint density at radius 3 is 2.58 bits per heavy atom. The molecule has 1 fully saturated rings. The third kappa shape index (κ3) is 2.84. The van der Waals surface area contributed by atoms with Crippen LogP contribution in [-0.2, 0) is 4.79 Å². The van der Waals surface area contributed by atoms with Gasteiger partial charge in [-0.15, -0.1) is 0 Å². The van der Waals surface area contributed by atoms with Crippen molar-refractivity contribution < 1.29 is 14.3 Å². The molecule has 0 bridgehead atoms. The maximum absolute atomic E-state index is 12.7. The number of carbonyl (C=O) groups is 1. The lowest BCUT2D eigenvalue weighted by Crippen LogP contribution is -2.20. The summed E-state index contributed by atoms with van der Waals surface area (Å²) < 4.78 is 13.1. The molecule has 0 radical (unpaired) electrons. The van der Waals surface area contributed by atoms with Gasteiger partial charge < -0.3 is 14.8 Å². The van der Waals surface area contributed by atoms with Gasteiger partial charge in [0.2, 0.25) is 10.7 Å². The molecule has 138 valence electrons. The summed E-state index contributed by atoms with van der Waals surface area (Å²) in [6.45, 7) is 0. The van der Waals surface area contributed by atoms with Crippen molar-refractivity contribution >= 4 is 34.8 Å². The summed E-state index contributed by atoms with van der Waals surface area (Å²) in [6, 6.07) is 3.38. The standard InChI is InChI=1S/C19H23N3O3S/c1-24-15-9-12-13(10-16(15)25-2)20-19(26)22-14(18(23)21-17(12)22)8-11-6-4-3-5-7-11/h9-11,14H,3-8H2,1-2H3,(H,21,23)/t14-/m0/s1. The van der Waals surface area contributed by atoms with Crippen LogP contribution in [0.5, 0.6) is 11.5 Å². The first-order valence-corrected chi connectivity index (χ1v) is 9.52. The van der Waals surface area contributed by atoms with Crippen LogP contribution in [-0.4, -0.2) is 29.7 Å². The van der Waals surface area contributed by atoms with E-state index in [0.29, 0.717) is 33.5 Å². The molecule has 1 saturated carbocycles. The summed E-state index contributed by atoms with van der Waals surface area (Å²) in [4.78, 5) is 17.3. The minimum absolute atomic E-state index is 0.00533. The molecule has 7 heteroatoms. The molecule has 1 aliphatic heterocycles. The van der Waals surface area contributed by atoms with E-state index in [1.807, 2.05) is 10.6 Å². The van der Waals surface area contributed by atoms with E-state index in [4.69, 9.17) is 21.7 Å². The summed E-state index contributed by atoms with van der Waals surface area (Å²) in [5.74, 6) is 2.49. The fourth-order valence-electron chi connectivity index (χ4n) is 4.22. The predicted octanol–water partition coefficient (Wildman–Crippen LogP) is 4.25. The van der Waals surface area contributed by atoms with Gasteiger partial charge in [0, 0.05) is 11.5 Å². The first-order chi connectivity index (χ1) is 12.6. The average molecular weight is 373 g/mol. The van der Waals surface area contributed by atoms with Gasteiger partial charge in [0.1, 0.15) is 11.9 Å². The van der Waals surface area contributed by atoms with Gasteiger partial charge in [-0.25, -0.2) is 4.98 Å². The minimum atomic E-state index is -0.273. The SMILES string of the molecule is COc1cc2nc(=S)n3c(c2cc1OC)NC(=O)[C@@H]3CC1CCCCC1. The number of carbonyl (C=O) groups excluding carboxylic acids is 1. The fourth-order valence-corrected chi connectivity index (χ4v) is 4.53. The van der Waals surface area contributed by atoms with E-state index >= 15 is 0 Å². The second kappa shape index (κ2) is 6.87. The fraction of sp³-hybridized carbons (Fsp3) is 0.526. The molecule has 4 rings (SSSR count).